The Kier molecular flexibility index (Phi) is 8.33. The predicted octanol–water partition coefficient (Wildman–Crippen LogP) is 18.6. The van der Waals surface area contributed by atoms with Crippen molar-refractivity contribution in [2.75, 3.05) is 4.90 Å². The van der Waals surface area contributed by atoms with Crippen molar-refractivity contribution in [1.29, 1.82) is 0 Å². The number of anilines is 3. The predicted molar refractivity (Wildman–Crippen MR) is 285 cm³/mol. The largest absolute Gasteiger partial charge is 0.455 e. The fraction of sp³-hybridized carbons (Fsp3) is 0.0462. The summed E-state index contributed by atoms with van der Waals surface area (Å²) in [4.78, 5) is 2.45. The van der Waals surface area contributed by atoms with Crippen LogP contribution in [0.1, 0.15) is 25.0 Å². The molecule has 13 aromatic rings. The molecule has 1 aliphatic rings. The number of furan rings is 2. The standard InChI is InChI=1S/C65H43NO2/c1-65(2)59-36-41(40-16-4-3-5-17-40)30-32-49(59)50-33-31-46(37-60(50)65)66(44-20-14-18-42(34-44)55-38-57-51-24-10-12-28-61(51)67-63(57)53-26-8-6-22-47(53)55)45-21-15-19-43(35-45)56-39-58-52-25-11-13-29-62(52)68-64(58)54-27-9-7-23-48(54)56/h3-39H,1-2H3. The molecule has 0 N–H and O–H groups in total. The summed E-state index contributed by atoms with van der Waals surface area (Å²) >= 11 is 0. The number of rotatable bonds is 6. The topological polar surface area (TPSA) is 29.5 Å². The van der Waals surface area contributed by atoms with Gasteiger partial charge in [0.05, 0.1) is 0 Å². The van der Waals surface area contributed by atoms with Gasteiger partial charge in [0.2, 0.25) is 0 Å². The van der Waals surface area contributed by atoms with Crippen molar-refractivity contribution < 1.29 is 8.83 Å². The van der Waals surface area contributed by atoms with Gasteiger partial charge in [0, 0.05) is 54.8 Å². The van der Waals surface area contributed by atoms with Crippen LogP contribution in [0.4, 0.5) is 17.1 Å². The molecule has 0 saturated heterocycles. The molecule has 11 aromatic carbocycles. The Morgan fingerprint density at radius 3 is 1.29 bits per heavy atom. The van der Waals surface area contributed by atoms with Gasteiger partial charge in [0.1, 0.15) is 22.3 Å². The molecular formula is C65H43NO2. The van der Waals surface area contributed by atoms with Gasteiger partial charge < -0.3 is 13.7 Å². The van der Waals surface area contributed by atoms with Crippen molar-refractivity contribution in [3.8, 4) is 44.5 Å². The highest BCUT2D eigenvalue weighted by Crippen LogP contribution is 2.52. The lowest BCUT2D eigenvalue weighted by Gasteiger charge is -2.29. The number of benzene rings is 11. The zero-order valence-electron chi connectivity index (χ0n) is 37.6. The minimum absolute atomic E-state index is 0.232. The zero-order valence-corrected chi connectivity index (χ0v) is 37.6. The average molecular weight is 870 g/mol. The van der Waals surface area contributed by atoms with Crippen LogP contribution in [0, 0.1) is 0 Å². The Labute approximate surface area is 393 Å². The van der Waals surface area contributed by atoms with Crippen LogP contribution in [0.3, 0.4) is 0 Å². The molecular weight excluding hydrogens is 827 g/mol. The number of nitrogens with zero attached hydrogens (tertiary/aromatic N) is 1. The van der Waals surface area contributed by atoms with Crippen LogP contribution in [-0.4, -0.2) is 0 Å². The Morgan fingerprint density at radius 1 is 0.294 bits per heavy atom. The van der Waals surface area contributed by atoms with E-state index in [1.54, 1.807) is 0 Å². The third-order valence-corrected chi connectivity index (χ3v) is 14.6. The molecule has 0 radical (unpaired) electrons. The molecule has 2 heterocycles. The van der Waals surface area contributed by atoms with Crippen LogP contribution in [0.5, 0.6) is 0 Å². The van der Waals surface area contributed by atoms with Gasteiger partial charge in [0.15, 0.2) is 0 Å². The van der Waals surface area contributed by atoms with Crippen LogP contribution in [0.15, 0.2) is 233 Å². The molecule has 3 nitrogen and oxygen atoms in total. The third kappa shape index (κ3) is 5.79. The maximum atomic E-state index is 6.54. The van der Waals surface area contributed by atoms with E-state index >= 15 is 0 Å². The van der Waals surface area contributed by atoms with Gasteiger partial charge in [-0.05, 0) is 133 Å². The minimum atomic E-state index is -0.232. The molecule has 0 amide bonds. The normalized spacial score (nSPS) is 13.0. The monoisotopic (exact) mass is 869 g/mol. The Balaban J connectivity index is 0.972. The molecule has 0 saturated carbocycles. The first kappa shape index (κ1) is 38.6. The molecule has 3 heteroatoms. The summed E-state index contributed by atoms with van der Waals surface area (Å²) in [6.07, 6.45) is 0. The van der Waals surface area contributed by atoms with E-state index in [-0.39, 0.29) is 5.41 Å². The van der Waals surface area contributed by atoms with Gasteiger partial charge in [-0.1, -0.05) is 172 Å². The smallest absolute Gasteiger partial charge is 0.143 e. The molecule has 1 aliphatic carbocycles. The number of hydrogen-bond donors (Lipinski definition) is 0. The van der Waals surface area contributed by atoms with Gasteiger partial charge in [-0.15, -0.1) is 0 Å². The van der Waals surface area contributed by atoms with E-state index in [0.29, 0.717) is 0 Å². The molecule has 320 valence electrons. The van der Waals surface area contributed by atoms with Crippen molar-refractivity contribution in [3.63, 3.8) is 0 Å². The van der Waals surface area contributed by atoms with Crippen LogP contribution in [0.2, 0.25) is 0 Å². The second kappa shape index (κ2) is 14.7. The summed E-state index contributed by atoms with van der Waals surface area (Å²) in [7, 11) is 0. The van der Waals surface area contributed by atoms with Crippen molar-refractivity contribution in [2.24, 2.45) is 0 Å². The van der Waals surface area contributed by atoms with Gasteiger partial charge in [-0.2, -0.15) is 0 Å². The minimum Gasteiger partial charge on any atom is -0.455 e. The summed E-state index contributed by atoms with van der Waals surface area (Å²) in [5.41, 5.74) is 19.0. The van der Waals surface area contributed by atoms with E-state index in [9.17, 15) is 0 Å². The van der Waals surface area contributed by atoms with Crippen molar-refractivity contribution in [3.05, 3.63) is 236 Å². The van der Waals surface area contributed by atoms with Gasteiger partial charge in [-0.25, -0.2) is 0 Å². The molecule has 68 heavy (non-hydrogen) atoms. The van der Waals surface area contributed by atoms with Crippen LogP contribution >= 0.6 is 0 Å². The Hall–Kier alpha value is -8.66. The third-order valence-electron chi connectivity index (χ3n) is 14.6. The zero-order chi connectivity index (χ0) is 45.1. The molecule has 14 rings (SSSR count). The van der Waals surface area contributed by atoms with Gasteiger partial charge in [0.25, 0.3) is 0 Å². The highest BCUT2D eigenvalue weighted by atomic mass is 16.3. The summed E-state index contributed by atoms with van der Waals surface area (Å²) in [6.45, 7) is 4.76. The van der Waals surface area contributed by atoms with Crippen molar-refractivity contribution in [2.45, 2.75) is 19.3 Å². The Morgan fingerprint density at radius 2 is 0.735 bits per heavy atom. The van der Waals surface area contributed by atoms with E-state index in [2.05, 4.69) is 231 Å². The number of fused-ring (bicyclic) bond motifs is 13. The number of para-hydroxylation sites is 2. The van der Waals surface area contributed by atoms with Crippen LogP contribution in [-0.2, 0) is 5.41 Å². The fourth-order valence-corrected chi connectivity index (χ4v) is 11.3. The molecule has 2 aromatic heterocycles. The van der Waals surface area contributed by atoms with Gasteiger partial charge in [-0.3, -0.25) is 0 Å². The summed E-state index contributed by atoms with van der Waals surface area (Å²) in [5.74, 6) is 0. The first-order valence-electron chi connectivity index (χ1n) is 23.5. The van der Waals surface area contributed by atoms with Crippen molar-refractivity contribution >= 4 is 82.5 Å². The lowest BCUT2D eigenvalue weighted by molar-refractivity contribution is 0.660. The first-order chi connectivity index (χ1) is 33.5. The average Bonchev–Trinajstić information content (AvgIpc) is 4.04. The van der Waals surface area contributed by atoms with Crippen LogP contribution < -0.4 is 4.90 Å². The molecule has 0 fully saturated rings. The maximum absolute atomic E-state index is 6.54. The molecule has 0 atom stereocenters. The highest BCUT2D eigenvalue weighted by molar-refractivity contribution is 6.20. The Bertz CT molecular complexity index is 3990. The fourth-order valence-electron chi connectivity index (χ4n) is 11.3. The lowest BCUT2D eigenvalue weighted by Crippen LogP contribution is -2.16. The van der Waals surface area contributed by atoms with E-state index in [4.69, 9.17) is 8.83 Å². The van der Waals surface area contributed by atoms with E-state index in [0.717, 1.165) is 93.6 Å². The quantitative estimate of drug-likeness (QED) is 0.167. The first-order valence-corrected chi connectivity index (χ1v) is 23.5. The molecule has 0 unspecified atom stereocenters. The highest BCUT2D eigenvalue weighted by Gasteiger charge is 2.36. The summed E-state index contributed by atoms with van der Waals surface area (Å²) < 4.78 is 13.1. The van der Waals surface area contributed by atoms with E-state index < -0.39 is 0 Å². The molecule has 0 spiro atoms. The second-order valence-electron chi connectivity index (χ2n) is 18.8. The molecule has 0 aliphatic heterocycles. The number of hydrogen-bond acceptors (Lipinski definition) is 3. The SMILES string of the molecule is CC1(C)c2cc(-c3ccccc3)ccc2-c2ccc(N(c3cccc(-c4cc5c6ccccc6oc5c5ccccc45)c3)c3cccc(-c4cc5c6ccccc6oc5c5ccccc45)c3)cc21. The van der Waals surface area contributed by atoms with E-state index in [1.165, 1.54) is 44.5 Å². The van der Waals surface area contributed by atoms with Crippen molar-refractivity contribution in [1.82, 2.24) is 0 Å². The second-order valence-corrected chi connectivity index (χ2v) is 18.8. The van der Waals surface area contributed by atoms with Gasteiger partial charge >= 0.3 is 0 Å². The summed E-state index contributed by atoms with van der Waals surface area (Å²) in [6, 6.07) is 81.6. The molecule has 0 bridgehead atoms. The van der Waals surface area contributed by atoms with Crippen LogP contribution in [0.25, 0.3) is 110 Å². The lowest BCUT2D eigenvalue weighted by atomic mass is 9.81. The maximum Gasteiger partial charge on any atom is 0.143 e. The van der Waals surface area contributed by atoms with E-state index in [1.807, 2.05) is 12.1 Å². The summed E-state index contributed by atoms with van der Waals surface area (Å²) in [5, 5.41) is 9.01.